The normalized spacial score (nSPS) is 13.4. The molecule has 0 fully saturated rings. The molecule has 156 valence electrons. The van der Waals surface area contributed by atoms with Crippen molar-refractivity contribution in [3.8, 4) is 0 Å². The summed E-state index contributed by atoms with van der Waals surface area (Å²) in [7, 11) is -1.53. The van der Waals surface area contributed by atoms with Crippen LogP contribution in [-0.2, 0) is 18.3 Å². The van der Waals surface area contributed by atoms with Crippen molar-refractivity contribution in [1.29, 1.82) is 0 Å². The van der Waals surface area contributed by atoms with Crippen LogP contribution in [0.25, 0.3) is 0 Å². The summed E-state index contributed by atoms with van der Waals surface area (Å²) in [5.74, 6) is 0. The Bertz CT molecular complexity index is 394. The molecule has 0 spiro atoms. The van der Waals surface area contributed by atoms with Gasteiger partial charge >= 0.3 is 167 Å². The Kier molecular flexibility index (Phi) is 15.9. The fraction of sp³-hybridized carbons (Fsp3) is 0.900. The SMILES string of the molecule is CCC[CH2][Sn]([CH2]CCC)([CH2]CCC)/[C](=C/COC)P(=O)(OCC)OCC. The topological polar surface area (TPSA) is 44.8 Å². The van der Waals surface area contributed by atoms with Crippen LogP contribution in [0.4, 0.5) is 0 Å². The van der Waals surface area contributed by atoms with E-state index in [1.165, 1.54) is 51.8 Å². The predicted molar refractivity (Wildman–Crippen MR) is 116 cm³/mol. The van der Waals surface area contributed by atoms with Crippen molar-refractivity contribution >= 4 is 26.0 Å². The van der Waals surface area contributed by atoms with E-state index >= 15 is 0 Å². The van der Waals surface area contributed by atoms with Crippen molar-refractivity contribution in [3.05, 3.63) is 9.41 Å². The minimum atomic E-state index is -3.23. The third-order valence-electron chi connectivity index (χ3n) is 4.91. The number of rotatable bonds is 17. The number of hydrogen-bond acceptors (Lipinski definition) is 4. The molecule has 0 aliphatic heterocycles. The van der Waals surface area contributed by atoms with Crippen LogP contribution >= 0.6 is 7.60 Å². The summed E-state index contributed by atoms with van der Waals surface area (Å²) >= 11 is -2.91. The summed E-state index contributed by atoms with van der Waals surface area (Å²) in [6.45, 7) is 11.9. The first kappa shape index (κ1) is 26.6. The zero-order valence-corrected chi connectivity index (χ0v) is 21.9. The van der Waals surface area contributed by atoms with E-state index in [9.17, 15) is 4.57 Å². The first-order chi connectivity index (χ1) is 12.5. The molecule has 0 saturated heterocycles. The Morgan fingerprint density at radius 2 is 1.27 bits per heavy atom. The van der Waals surface area contributed by atoms with Gasteiger partial charge in [0.05, 0.1) is 0 Å². The van der Waals surface area contributed by atoms with Crippen molar-refractivity contribution < 1.29 is 18.3 Å². The zero-order chi connectivity index (χ0) is 19.9. The molecular weight excluding hydrogens is 454 g/mol. The van der Waals surface area contributed by atoms with Gasteiger partial charge in [-0.05, 0) is 0 Å². The van der Waals surface area contributed by atoms with Gasteiger partial charge in [-0.2, -0.15) is 0 Å². The molecule has 0 aromatic carbocycles. The number of unbranched alkanes of at least 4 members (excludes halogenated alkanes) is 3. The molecule has 0 amide bonds. The molecule has 0 radical (unpaired) electrons. The fourth-order valence-electron chi connectivity index (χ4n) is 3.60. The van der Waals surface area contributed by atoms with Gasteiger partial charge in [0.1, 0.15) is 0 Å². The molecule has 0 saturated carbocycles. The third-order valence-corrected chi connectivity index (χ3v) is 27.3. The fourth-order valence-corrected chi connectivity index (χ4v) is 28.5. The minimum absolute atomic E-state index is 0.416. The molecule has 6 heteroatoms. The van der Waals surface area contributed by atoms with Gasteiger partial charge < -0.3 is 0 Å². The molecule has 0 heterocycles. The first-order valence-corrected chi connectivity index (χ1v) is 19.6. The summed E-state index contributed by atoms with van der Waals surface area (Å²) in [6.07, 6.45) is 9.28. The van der Waals surface area contributed by atoms with Crippen molar-refractivity contribution in [3.63, 3.8) is 0 Å². The molecule has 4 nitrogen and oxygen atoms in total. The number of methoxy groups -OCH3 is 1. The summed E-state index contributed by atoms with van der Waals surface area (Å²) in [4.78, 5) is 0. The van der Waals surface area contributed by atoms with Crippen molar-refractivity contribution in [2.24, 2.45) is 0 Å². The van der Waals surface area contributed by atoms with Gasteiger partial charge in [0.25, 0.3) is 0 Å². The maximum atomic E-state index is 13.8. The van der Waals surface area contributed by atoms with Crippen LogP contribution in [0, 0.1) is 0 Å². The van der Waals surface area contributed by atoms with Gasteiger partial charge in [-0.25, -0.2) is 0 Å². The van der Waals surface area contributed by atoms with E-state index in [4.69, 9.17) is 13.8 Å². The van der Waals surface area contributed by atoms with E-state index in [2.05, 4.69) is 26.8 Å². The van der Waals surface area contributed by atoms with E-state index in [1.54, 1.807) is 7.11 Å². The second kappa shape index (κ2) is 15.6. The van der Waals surface area contributed by atoms with Gasteiger partial charge in [0.15, 0.2) is 0 Å². The standard InChI is InChI=1S/C8H16O4P.3C4H9.Sn/c1-4-11-13(9,12-5-2)8-6-7-10-3;3*1-3-4-2;/h6H,4-5,7H2,1-3H3;3*1,3-4H2,2H3;. The van der Waals surface area contributed by atoms with Crippen LogP contribution in [0.3, 0.4) is 0 Å². The van der Waals surface area contributed by atoms with Crippen LogP contribution in [0.5, 0.6) is 0 Å². The van der Waals surface area contributed by atoms with Gasteiger partial charge in [0, 0.05) is 0 Å². The van der Waals surface area contributed by atoms with Crippen molar-refractivity contribution in [2.75, 3.05) is 26.9 Å². The molecule has 0 N–H and O–H groups in total. The van der Waals surface area contributed by atoms with E-state index in [0.717, 1.165) is 3.33 Å². The molecule has 0 unspecified atom stereocenters. The Labute approximate surface area is 166 Å². The molecule has 0 aromatic rings. The van der Waals surface area contributed by atoms with Crippen molar-refractivity contribution in [2.45, 2.75) is 86.5 Å². The molecule has 0 aliphatic rings. The molecule has 0 bridgehead atoms. The zero-order valence-electron chi connectivity index (χ0n) is 18.1. The summed E-state index contributed by atoms with van der Waals surface area (Å²) < 4.78 is 35.7. The van der Waals surface area contributed by atoms with Gasteiger partial charge in [-0.15, -0.1) is 0 Å². The van der Waals surface area contributed by atoms with Gasteiger partial charge in [-0.1, -0.05) is 0 Å². The molecular formula is C20H43O4PSn. The summed E-state index contributed by atoms with van der Waals surface area (Å²) in [6, 6.07) is 0. The Hall–Kier alpha value is 0.649. The van der Waals surface area contributed by atoms with Crippen molar-refractivity contribution in [1.82, 2.24) is 0 Å². The first-order valence-electron chi connectivity index (χ1n) is 10.6. The molecule has 0 rings (SSSR count). The average Bonchev–Trinajstić information content (AvgIpc) is 2.63. The quantitative estimate of drug-likeness (QED) is 0.158. The van der Waals surface area contributed by atoms with E-state index in [1.807, 2.05) is 13.8 Å². The van der Waals surface area contributed by atoms with Crippen LogP contribution in [0.1, 0.15) is 73.1 Å². The van der Waals surface area contributed by atoms with E-state index < -0.39 is 26.0 Å². The Morgan fingerprint density at radius 1 is 0.846 bits per heavy atom. The Balaban J connectivity index is 6.19. The average molecular weight is 497 g/mol. The number of hydrogen-bond donors (Lipinski definition) is 0. The number of ether oxygens (including phenoxy) is 1. The summed E-state index contributed by atoms with van der Waals surface area (Å²) in [5, 5.41) is 0. The van der Waals surface area contributed by atoms with Gasteiger partial charge in [-0.3, -0.25) is 0 Å². The molecule has 26 heavy (non-hydrogen) atoms. The van der Waals surface area contributed by atoms with Crippen LogP contribution < -0.4 is 0 Å². The third kappa shape index (κ3) is 8.77. The molecule has 0 aliphatic carbocycles. The monoisotopic (exact) mass is 498 g/mol. The molecule has 0 aromatic heterocycles. The van der Waals surface area contributed by atoms with Crippen LogP contribution in [-0.4, -0.2) is 45.3 Å². The summed E-state index contributed by atoms with van der Waals surface area (Å²) in [5.41, 5.74) is 0. The second-order valence-corrected chi connectivity index (χ2v) is 23.3. The van der Waals surface area contributed by atoms with E-state index in [0.29, 0.717) is 19.8 Å². The maximum absolute atomic E-state index is 13.8. The predicted octanol–water partition coefficient (Wildman–Crippen LogP) is 7.17. The molecule has 0 atom stereocenters. The Morgan fingerprint density at radius 3 is 1.58 bits per heavy atom. The second-order valence-electron chi connectivity index (χ2n) is 6.97. The van der Waals surface area contributed by atoms with Crippen LogP contribution in [0.2, 0.25) is 13.3 Å². The van der Waals surface area contributed by atoms with Gasteiger partial charge in [0.2, 0.25) is 0 Å². The van der Waals surface area contributed by atoms with E-state index in [-0.39, 0.29) is 0 Å². The van der Waals surface area contributed by atoms with Crippen LogP contribution in [0.15, 0.2) is 9.41 Å².